The van der Waals surface area contributed by atoms with Crippen molar-refractivity contribution in [2.24, 2.45) is 5.84 Å². The highest BCUT2D eigenvalue weighted by Gasteiger charge is 2.20. The number of hydrogen-bond donors (Lipinski definition) is 1. The number of aryl methyl sites for hydroxylation is 2. The van der Waals surface area contributed by atoms with E-state index in [-0.39, 0.29) is 5.91 Å². The maximum atomic E-state index is 11.2. The molecule has 68 valence electrons. The van der Waals surface area contributed by atoms with E-state index in [1.165, 1.54) is 16.1 Å². The highest BCUT2D eigenvalue weighted by molar-refractivity contribution is 5.95. The smallest absolute Gasteiger partial charge is 0.241 e. The van der Waals surface area contributed by atoms with Gasteiger partial charge >= 0.3 is 0 Å². The third-order valence-electron chi connectivity index (χ3n) is 2.37. The Hall–Kier alpha value is -1.35. The van der Waals surface area contributed by atoms with Gasteiger partial charge in [-0.15, -0.1) is 0 Å². The summed E-state index contributed by atoms with van der Waals surface area (Å²) in [7, 11) is 0. The standard InChI is InChI=1S/C10H12N2O/c1-7-2-4-9-8(6-7)3-5-10(13)12(9)11/h2,4,6H,3,5,11H2,1H3. The molecule has 0 radical (unpaired) electrons. The van der Waals surface area contributed by atoms with Crippen molar-refractivity contribution in [3.05, 3.63) is 29.3 Å². The fourth-order valence-corrected chi connectivity index (χ4v) is 1.65. The molecule has 1 aliphatic heterocycles. The van der Waals surface area contributed by atoms with Gasteiger partial charge in [-0.25, -0.2) is 10.9 Å². The molecule has 3 heteroatoms. The Morgan fingerprint density at radius 1 is 1.38 bits per heavy atom. The van der Waals surface area contributed by atoms with Crippen LogP contribution >= 0.6 is 0 Å². The van der Waals surface area contributed by atoms with Gasteiger partial charge in [-0.05, 0) is 25.0 Å². The maximum Gasteiger partial charge on any atom is 0.241 e. The number of hydrogen-bond acceptors (Lipinski definition) is 2. The molecule has 0 unspecified atom stereocenters. The van der Waals surface area contributed by atoms with Gasteiger partial charge in [0, 0.05) is 6.42 Å². The van der Waals surface area contributed by atoms with Crippen molar-refractivity contribution in [2.45, 2.75) is 19.8 Å². The number of nitrogens with zero attached hydrogens (tertiary/aromatic N) is 1. The molecule has 1 aromatic rings. The zero-order valence-electron chi connectivity index (χ0n) is 7.58. The molecule has 1 amide bonds. The summed E-state index contributed by atoms with van der Waals surface area (Å²) in [6.45, 7) is 2.04. The zero-order chi connectivity index (χ0) is 9.42. The van der Waals surface area contributed by atoms with Gasteiger partial charge < -0.3 is 0 Å². The number of benzene rings is 1. The molecule has 0 bridgehead atoms. The summed E-state index contributed by atoms with van der Waals surface area (Å²) in [5.74, 6) is 5.62. The second-order valence-corrected chi connectivity index (χ2v) is 3.40. The minimum Gasteiger partial charge on any atom is -0.273 e. The quantitative estimate of drug-likeness (QED) is 0.476. The van der Waals surface area contributed by atoms with Crippen LogP contribution < -0.4 is 10.9 Å². The lowest BCUT2D eigenvalue weighted by molar-refractivity contribution is -0.118. The summed E-state index contributed by atoms with van der Waals surface area (Å²) in [4.78, 5) is 11.2. The number of anilines is 1. The Balaban J connectivity index is 2.49. The van der Waals surface area contributed by atoms with Gasteiger partial charge in [0.05, 0.1) is 5.69 Å². The van der Waals surface area contributed by atoms with Gasteiger partial charge in [0.25, 0.3) is 0 Å². The monoisotopic (exact) mass is 176 g/mol. The van der Waals surface area contributed by atoms with Crippen LogP contribution in [0.25, 0.3) is 0 Å². The first kappa shape index (κ1) is 8.26. The van der Waals surface area contributed by atoms with Crippen LogP contribution in [0.15, 0.2) is 18.2 Å². The van der Waals surface area contributed by atoms with Crippen molar-refractivity contribution >= 4 is 11.6 Å². The Labute approximate surface area is 77.1 Å². The summed E-state index contributed by atoms with van der Waals surface area (Å²) in [5.41, 5.74) is 3.23. The van der Waals surface area contributed by atoms with Crippen molar-refractivity contribution in [1.29, 1.82) is 0 Å². The normalized spacial score (nSPS) is 15.8. The molecule has 1 heterocycles. The Morgan fingerprint density at radius 3 is 2.92 bits per heavy atom. The fourth-order valence-electron chi connectivity index (χ4n) is 1.65. The Bertz CT molecular complexity index is 360. The maximum absolute atomic E-state index is 11.2. The second kappa shape index (κ2) is 2.85. The third-order valence-corrected chi connectivity index (χ3v) is 2.37. The molecule has 0 aromatic heterocycles. The summed E-state index contributed by atoms with van der Waals surface area (Å²) >= 11 is 0. The molecule has 0 saturated carbocycles. The van der Waals surface area contributed by atoms with Crippen LogP contribution in [0.2, 0.25) is 0 Å². The lowest BCUT2D eigenvalue weighted by atomic mass is 10.0. The summed E-state index contributed by atoms with van der Waals surface area (Å²) in [5, 5.41) is 1.25. The first-order valence-corrected chi connectivity index (χ1v) is 4.35. The molecular formula is C10H12N2O. The van der Waals surface area contributed by atoms with Gasteiger partial charge in [-0.1, -0.05) is 17.7 Å². The van der Waals surface area contributed by atoms with E-state index in [1.807, 2.05) is 19.1 Å². The summed E-state index contributed by atoms with van der Waals surface area (Å²) in [6.07, 6.45) is 1.33. The SMILES string of the molecule is Cc1ccc2c(c1)CCC(=O)N2N. The molecule has 0 spiro atoms. The molecule has 2 rings (SSSR count). The van der Waals surface area contributed by atoms with Crippen molar-refractivity contribution in [1.82, 2.24) is 0 Å². The predicted octanol–water partition coefficient (Wildman–Crippen LogP) is 1.15. The molecule has 2 N–H and O–H groups in total. The van der Waals surface area contributed by atoms with Crippen LogP contribution in [0, 0.1) is 6.92 Å². The second-order valence-electron chi connectivity index (χ2n) is 3.40. The van der Waals surface area contributed by atoms with E-state index in [0.717, 1.165) is 12.1 Å². The van der Waals surface area contributed by atoms with Gasteiger partial charge in [0.2, 0.25) is 5.91 Å². The lowest BCUT2D eigenvalue weighted by Gasteiger charge is -2.25. The first-order chi connectivity index (χ1) is 6.18. The van der Waals surface area contributed by atoms with Crippen molar-refractivity contribution in [2.75, 3.05) is 5.01 Å². The molecule has 3 nitrogen and oxygen atoms in total. The van der Waals surface area contributed by atoms with E-state index < -0.39 is 0 Å². The van der Waals surface area contributed by atoms with E-state index in [1.54, 1.807) is 0 Å². The van der Waals surface area contributed by atoms with Crippen LogP contribution in [-0.2, 0) is 11.2 Å². The highest BCUT2D eigenvalue weighted by Crippen LogP contribution is 2.25. The molecule has 1 aromatic carbocycles. The van der Waals surface area contributed by atoms with Crippen LogP contribution in [0.4, 0.5) is 5.69 Å². The van der Waals surface area contributed by atoms with E-state index >= 15 is 0 Å². The molecule has 0 fully saturated rings. The van der Waals surface area contributed by atoms with Gasteiger partial charge in [0.15, 0.2) is 0 Å². The number of fused-ring (bicyclic) bond motifs is 1. The van der Waals surface area contributed by atoms with Crippen molar-refractivity contribution < 1.29 is 4.79 Å². The van der Waals surface area contributed by atoms with Crippen LogP contribution in [0.1, 0.15) is 17.5 Å². The zero-order valence-corrected chi connectivity index (χ0v) is 7.58. The molecule has 0 atom stereocenters. The van der Waals surface area contributed by atoms with Crippen molar-refractivity contribution in [3.8, 4) is 0 Å². The highest BCUT2D eigenvalue weighted by atomic mass is 16.2. The number of rotatable bonds is 0. The summed E-state index contributed by atoms with van der Waals surface area (Å²) < 4.78 is 0. The van der Waals surface area contributed by atoms with Gasteiger partial charge in [0.1, 0.15) is 0 Å². The lowest BCUT2D eigenvalue weighted by Crippen LogP contribution is -2.40. The van der Waals surface area contributed by atoms with Crippen LogP contribution in [0.3, 0.4) is 0 Å². The Morgan fingerprint density at radius 2 is 2.15 bits per heavy atom. The fraction of sp³-hybridized carbons (Fsp3) is 0.300. The molecule has 1 aliphatic rings. The number of nitrogens with two attached hydrogens (primary N) is 1. The number of carbonyl (C=O) groups is 1. The van der Waals surface area contributed by atoms with E-state index in [0.29, 0.717) is 6.42 Å². The van der Waals surface area contributed by atoms with Crippen LogP contribution in [0.5, 0.6) is 0 Å². The average Bonchev–Trinajstić information content (AvgIpc) is 2.12. The minimum atomic E-state index is -0.00338. The molecule has 13 heavy (non-hydrogen) atoms. The topological polar surface area (TPSA) is 46.3 Å². The van der Waals surface area contributed by atoms with E-state index in [4.69, 9.17) is 5.84 Å². The van der Waals surface area contributed by atoms with E-state index in [9.17, 15) is 4.79 Å². The number of hydrazine groups is 1. The molecular weight excluding hydrogens is 164 g/mol. The van der Waals surface area contributed by atoms with E-state index in [2.05, 4.69) is 6.07 Å². The molecule has 0 aliphatic carbocycles. The number of amides is 1. The predicted molar refractivity (Wildman–Crippen MR) is 51.2 cm³/mol. The first-order valence-electron chi connectivity index (χ1n) is 4.35. The Kier molecular flexibility index (Phi) is 1.81. The average molecular weight is 176 g/mol. The molecule has 0 saturated heterocycles. The number of carbonyl (C=O) groups excluding carboxylic acids is 1. The van der Waals surface area contributed by atoms with Crippen molar-refractivity contribution in [3.63, 3.8) is 0 Å². The summed E-state index contributed by atoms with van der Waals surface area (Å²) in [6, 6.07) is 5.96. The largest absolute Gasteiger partial charge is 0.273 e. The van der Waals surface area contributed by atoms with Crippen LogP contribution in [-0.4, -0.2) is 5.91 Å². The van der Waals surface area contributed by atoms with Gasteiger partial charge in [-0.2, -0.15) is 0 Å². The minimum absolute atomic E-state index is 0.00338. The van der Waals surface area contributed by atoms with Gasteiger partial charge in [-0.3, -0.25) is 4.79 Å². The third kappa shape index (κ3) is 1.31.